The number of aryl methyl sites for hydroxylation is 1. The van der Waals surface area contributed by atoms with Crippen molar-refractivity contribution in [1.82, 2.24) is 20.6 Å². The van der Waals surface area contributed by atoms with Gasteiger partial charge in [0.05, 0.1) is 12.1 Å². The molecule has 1 heterocycles. The summed E-state index contributed by atoms with van der Waals surface area (Å²) in [6.07, 6.45) is 0.294. The first-order valence-electron chi connectivity index (χ1n) is 10.3. The summed E-state index contributed by atoms with van der Waals surface area (Å²) in [6, 6.07) is 6.04. The maximum absolute atomic E-state index is 12.9. The molecule has 2 atom stereocenters. The second kappa shape index (κ2) is 9.43. The number of aromatic hydroxyl groups is 1. The van der Waals surface area contributed by atoms with E-state index in [0.29, 0.717) is 23.5 Å². The first-order valence-corrected chi connectivity index (χ1v) is 10.3. The minimum atomic E-state index is -0.596. The van der Waals surface area contributed by atoms with Crippen LogP contribution < -0.4 is 16.2 Å². The second-order valence-electron chi connectivity index (χ2n) is 9.11. The molecule has 7 nitrogen and oxygen atoms in total. The molecule has 0 aliphatic carbocycles. The molecule has 1 amide bonds. The van der Waals surface area contributed by atoms with E-state index in [-0.39, 0.29) is 28.5 Å². The van der Waals surface area contributed by atoms with Gasteiger partial charge in [0.25, 0.3) is 5.56 Å². The van der Waals surface area contributed by atoms with Crippen molar-refractivity contribution in [2.45, 2.75) is 65.5 Å². The van der Waals surface area contributed by atoms with Crippen LogP contribution in [0.15, 0.2) is 29.1 Å². The van der Waals surface area contributed by atoms with E-state index in [2.05, 4.69) is 20.6 Å². The monoisotopic (exact) mass is 414 g/mol. The van der Waals surface area contributed by atoms with Gasteiger partial charge >= 0.3 is 0 Å². The van der Waals surface area contributed by atoms with Crippen molar-refractivity contribution < 1.29 is 9.90 Å². The fourth-order valence-electron chi connectivity index (χ4n) is 3.59. The first-order chi connectivity index (χ1) is 13.9. The number of hydrogen-bond donors (Lipinski definition) is 4. The summed E-state index contributed by atoms with van der Waals surface area (Å²) in [5.74, 6) is 0.465. The van der Waals surface area contributed by atoms with Gasteiger partial charge in [-0.2, -0.15) is 0 Å². The van der Waals surface area contributed by atoms with Crippen LogP contribution in [0.5, 0.6) is 5.75 Å². The molecule has 0 aliphatic heterocycles. The first kappa shape index (κ1) is 23.6. The molecular weight excluding hydrogens is 380 g/mol. The Morgan fingerprint density at radius 1 is 1.27 bits per heavy atom. The van der Waals surface area contributed by atoms with E-state index in [4.69, 9.17) is 0 Å². The van der Waals surface area contributed by atoms with Crippen LogP contribution in [0.1, 0.15) is 63.3 Å². The van der Waals surface area contributed by atoms with Gasteiger partial charge in [-0.25, -0.2) is 4.98 Å². The Morgan fingerprint density at radius 2 is 1.93 bits per heavy atom. The van der Waals surface area contributed by atoms with E-state index < -0.39 is 12.1 Å². The standard InChI is InChI=1S/C23H34N4O3/c1-13(2)19(24-7)22(30)26-17(21-25-14(3)11-18(28)27-21)12-15-9-8-10-16(20(15)29)23(4,5)6/h8-11,13,17,19,24,29H,12H2,1-7H3,(H,26,30)(H,25,27,28). The van der Waals surface area contributed by atoms with E-state index in [0.717, 1.165) is 5.56 Å². The highest BCUT2D eigenvalue weighted by atomic mass is 16.3. The third kappa shape index (κ3) is 5.69. The molecule has 0 spiro atoms. The number of para-hydroxylation sites is 1. The van der Waals surface area contributed by atoms with Crippen molar-refractivity contribution in [3.8, 4) is 5.75 Å². The molecule has 30 heavy (non-hydrogen) atoms. The molecule has 0 bridgehead atoms. The van der Waals surface area contributed by atoms with Crippen LogP contribution >= 0.6 is 0 Å². The van der Waals surface area contributed by atoms with Gasteiger partial charge in [-0.1, -0.05) is 52.8 Å². The number of rotatable bonds is 7. The van der Waals surface area contributed by atoms with Gasteiger partial charge in [0.1, 0.15) is 11.6 Å². The van der Waals surface area contributed by atoms with Crippen molar-refractivity contribution >= 4 is 5.91 Å². The Kier molecular flexibility index (Phi) is 7.42. The maximum Gasteiger partial charge on any atom is 0.251 e. The molecule has 0 fully saturated rings. The average Bonchev–Trinajstić information content (AvgIpc) is 2.61. The Bertz CT molecular complexity index is 944. The van der Waals surface area contributed by atoms with E-state index in [1.54, 1.807) is 14.0 Å². The van der Waals surface area contributed by atoms with Crippen LogP contribution in [-0.2, 0) is 16.6 Å². The summed E-state index contributed by atoms with van der Waals surface area (Å²) in [5, 5.41) is 16.9. The number of phenolic OH excluding ortho intramolecular Hbond substituents is 1. The highest BCUT2D eigenvalue weighted by molar-refractivity contribution is 5.82. The number of carbonyl (C=O) groups excluding carboxylic acids is 1. The highest BCUT2D eigenvalue weighted by Gasteiger charge is 2.27. The number of phenols is 1. The normalized spacial score (nSPS) is 13.9. The number of hydrogen-bond acceptors (Lipinski definition) is 5. The lowest BCUT2D eigenvalue weighted by Crippen LogP contribution is -2.47. The molecule has 0 radical (unpaired) electrons. The van der Waals surface area contributed by atoms with E-state index in [9.17, 15) is 14.7 Å². The quantitative estimate of drug-likeness (QED) is 0.557. The highest BCUT2D eigenvalue weighted by Crippen LogP contribution is 2.34. The van der Waals surface area contributed by atoms with Gasteiger partial charge in [0.15, 0.2) is 0 Å². The molecular formula is C23H34N4O3. The molecule has 0 saturated heterocycles. The van der Waals surface area contributed by atoms with Gasteiger partial charge < -0.3 is 20.7 Å². The molecule has 2 rings (SSSR count). The van der Waals surface area contributed by atoms with Gasteiger partial charge in [-0.15, -0.1) is 0 Å². The molecule has 2 aromatic rings. The van der Waals surface area contributed by atoms with Crippen LogP contribution in [0.2, 0.25) is 0 Å². The number of likely N-dealkylation sites (N-methyl/N-ethyl adjacent to an activating group) is 1. The van der Waals surface area contributed by atoms with Crippen LogP contribution in [0.25, 0.3) is 0 Å². The largest absolute Gasteiger partial charge is 0.507 e. The van der Waals surface area contributed by atoms with Gasteiger partial charge in [-0.05, 0) is 36.4 Å². The number of aromatic amines is 1. The zero-order chi connectivity index (χ0) is 22.6. The summed E-state index contributed by atoms with van der Waals surface area (Å²) >= 11 is 0. The second-order valence-corrected chi connectivity index (χ2v) is 9.11. The lowest BCUT2D eigenvalue weighted by atomic mass is 9.84. The van der Waals surface area contributed by atoms with Crippen LogP contribution in [-0.4, -0.2) is 34.1 Å². The zero-order valence-corrected chi connectivity index (χ0v) is 19.0. The van der Waals surface area contributed by atoms with Crippen LogP contribution in [0.3, 0.4) is 0 Å². The van der Waals surface area contributed by atoms with Crippen molar-refractivity contribution in [3.63, 3.8) is 0 Å². The Balaban J connectivity index is 2.47. The summed E-state index contributed by atoms with van der Waals surface area (Å²) < 4.78 is 0. The summed E-state index contributed by atoms with van der Waals surface area (Å²) in [5.41, 5.74) is 1.56. The number of H-pyrrole nitrogens is 1. The van der Waals surface area contributed by atoms with Crippen LogP contribution in [0, 0.1) is 12.8 Å². The smallest absolute Gasteiger partial charge is 0.251 e. The zero-order valence-electron chi connectivity index (χ0n) is 19.0. The maximum atomic E-state index is 12.9. The SMILES string of the molecule is CNC(C(=O)NC(Cc1cccc(C(C)(C)C)c1O)c1nc(C)cc(=O)[nH]1)C(C)C. The number of nitrogens with zero attached hydrogens (tertiary/aromatic N) is 1. The van der Waals surface area contributed by atoms with E-state index in [1.165, 1.54) is 6.07 Å². The number of aromatic nitrogens is 2. The van der Waals surface area contributed by atoms with Gasteiger partial charge in [0, 0.05) is 18.2 Å². The molecule has 2 unspecified atom stereocenters. The molecule has 4 N–H and O–H groups in total. The molecule has 164 valence electrons. The van der Waals surface area contributed by atoms with Gasteiger partial charge in [-0.3, -0.25) is 9.59 Å². The fourth-order valence-corrected chi connectivity index (χ4v) is 3.59. The summed E-state index contributed by atoms with van der Waals surface area (Å²) in [4.78, 5) is 32.1. The average molecular weight is 415 g/mol. The lowest BCUT2D eigenvalue weighted by molar-refractivity contribution is -0.124. The summed E-state index contributed by atoms with van der Waals surface area (Å²) in [7, 11) is 1.74. The number of carbonyl (C=O) groups is 1. The molecule has 0 saturated carbocycles. The van der Waals surface area contributed by atoms with Crippen molar-refractivity contribution in [1.29, 1.82) is 0 Å². The molecule has 7 heteroatoms. The Hall–Kier alpha value is -2.67. The fraction of sp³-hybridized carbons (Fsp3) is 0.522. The number of nitrogens with one attached hydrogen (secondary N) is 3. The molecule has 1 aromatic carbocycles. The van der Waals surface area contributed by atoms with Crippen molar-refractivity contribution in [2.24, 2.45) is 5.92 Å². The van der Waals surface area contributed by atoms with Crippen molar-refractivity contribution in [3.05, 3.63) is 57.3 Å². The minimum Gasteiger partial charge on any atom is -0.507 e. The predicted molar refractivity (Wildman–Crippen MR) is 119 cm³/mol. The lowest BCUT2D eigenvalue weighted by Gasteiger charge is -2.26. The number of benzene rings is 1. The van der Waals surface area contributed by atoms with Crippen molar-refractivity contribution in [2.75, 3.05) is 7.05 Å². The Morgan fingerprint density at radius 3 is 2.47 bits per heavy atom. The molecule has 0 aliphatic rings. The predicted octanol–water partition coefficient (Wildman–Crippen LogP) is 2.73. The molecule has 1 aromatic heterocycles. The Labute approximate surface area is 178 Å². The van der Waals surface area contributed by atoms with Gasteiger partial charge in [0.2, 0.25) is 5.91 Å². The summed E-state index contributed by atoms with van der Waals surface area (Å²) in [6.45, 7) is 11.8. The van der Waals surface area contributed by atoms with E-state index in [1.807, 2.05) is 52.8 Å². The third-order valence-corrected chi connectivity index (χ3v) is 5.15. The topological polar surface area (TPSA) is 107 Å². The third-order valence-electron chi connectivity index (χ3n) is 5.15. The van der Waals surface area contributed by atoms with E-state index >= 15 is 0 Å². The minimum absolute atomic E-state index is 0.0813. The number of amides is 1. The van der Waals surface area contributed by atoms with Crippen LogP contribution in [0.4, 0.5) is 0 Å².